The van der Waals surface area contributed by atoms with E-state index in [1.54, 1.807) is 6.20 Å². The summed E-state index contributed by atoms with van der Waals surface area (Å²) in [4.78, 5) is 17.1. The topological polar surface area (TPSA) is 54.0 Å². The van der Waals surface area contributed by atoms with E-state index in [2.05, 4.69) is 15.6 Å². The summed E-state index contributed by atoms with van der Waals surface area (Å²) in [6.07, 6.45) is 3.59. The lowest BCUT2D eigenvalue weighted by Crippen LogP contribution is -2.34. The minimum atomic E-state index is -0.592. The molecule has 2 aromatic rings. The first-order valence-corrected chi connectivity index (χ1v) is 8.33. The number of carbonyl (C=O) groups excluding carboxylic acids is 1. The summed E-state index contributed by atoms with van der Waals surface area (Å²) in [7, 11) is 0. The molecule has 4 nitrogen and oxygen atoms in total. The lowest BCUT2D eigenvalue weighted by molar-refractivity contribution is -0.120. The summed E-state index contributed by atoms with van der Waals surface area (Å²) in [5.41, 5.74) is 0.409. The third-order valence-electron chi connectivity index (χ3n) is 3.87. The third-order valence-corrected chi connectivity index (χ3v) is 4.79. The van der Waals surface area contributed by atoms with Crippen molar-refractivity contribution in [1.29, 1.82) is 0 Å². The summed E-state index contributed by atoms with van der Waals surface area (Å²) >= 11 is 1.31. The Morgan fingerprint density at radius 3 is 2.87 bits per heavy atom. The number of aromatic nitrogens is 1. The Kier molecular flexibility index (Phi) is 4.97. The van der Waals surface area contributed by atoms with Gasteiger partial charge in [-0.15, -0.1) is 11.3 Å². The molecule has 2 heterocycles. The van der Waals surface area contributed by atoms with Gasteiger partial charge in [-0.05, 0) is 37.6 Å². The highest BCUT2D eigenvalue weighted by atomic mass is 32.1. The number of halogens is 2. The molecule has 1 fully saturated rings. The molecular weight excluding hydrogens is 320 g/mol. The van der Waals surface area contributed by atoms with Crippen molar-refractivity contribution in [3.8, 4) is 0 Å². The van der Waals surface area contributed by atoms with Crippen molar-refractivity contribution in [2.75, 3.05) is 18.4 Å². The maximum Gasteiger partial charge on any atom is 0.229 e. The summed E-state index contributed by atoms with van der Waals surface area (Å²) in [5.74, 6) is -1.16. The number of nitrogens with one attached hydrogen (secondary N) is 2. The number of thiazole rings is 1. The number of rotatable bonds is 4. The standard InChI is InChI=1S/C16H17F2N3OS/c17-12-2-1-11(14(18)8-12)7-13-9-20-16(23-13)21-15(22)10-3-5-19-6-4-10/h1-2,8-10,19H,3-7H2,(H,20,21,22). The van der Waals surface area contributed by atoms with Gasteiger partial charge in [0.15, 0.2) is 5.13 Å². The van der Waals surface area contributed by atoms with Gasteiger partial charge in [0.05, 0.1) is 0 Å². The van der Waals surface area contributed by atoms with Crippen LogP contribution in [0.3, 0.4) is 0 Å². The van der Waals surface area contributed by atoms with Crippen LogP contribution in [0.2, 0.25) is 0 Å². The van der Waals surface area contributed by atoms with Crippen LogP contribution in [0.4, 0.5) is 13.9 Å². The van der Waals surface area contributed by atoms with Crippen LogP contribution in [0.25, 0.3) is 0 Å². The number of amides is 1. The first-order chi connectivity index (χ1) is 11.1. The number of carbonyl (C=O) groups is 1. The van der Waals surface area contributed by atoms with E-state index in [-0.39, 0.29) is 11.8 Å². The first-order valence-electron chi connectivity index (χ1n) is 7.52. The number of hydrogen-bond acceptors (Lipinski definition) is 4. The van der Waals surface area contributed by atoms with Crippen LogP contribution in [0, 0.1) is 17.6 Å². The Morgan fingerprint density at radius 1 is 1.35 bits per heavy atom. The summed E-state index contributed by atoms with van der Waals surface area (Å²) < 4.78 is 26.6. The molecule has 7 heteroatoms. The zero-order valence-corrected chi connectivity index (χ0v) is 13.3. The summed E-state index contributed by atoms with van der Waals surface area (Å²) in [5, 5.41) is 6.57. The summed E-state index contributed by atoms with van der Waals surface area (Å²) in [6.45, 7) is 1.70. The van der Waals surface area contributed by atoms with Gasteiger partial charge in [-0.25, -0.2) is 13.8 Å². The molecule has 1 aliphatic heterocycles. The second kappa shape index (κ2) is 7.14. The SMILES string of the molecule is O=C(Nc1ncc(Cc2ccc(F)cc2F)s1)C1CCNCC1. The quantitative estimate of drug-likeness (QED) is 0.902. The zero-order valence-electron chi connectivity index (χ0n) is 12.4. The molecule has 0 radical (unpaired) electrons. The normalized spacial score (nSPS) is 15.6. The molecule has 0 aliphatic carbocycles. The van der Waals surface area contributed by atoms with E-state index in [9.17, 15) is 13.6 Å². The van der Waals surface area contributed by atoms with Crippen molar-refractivity contribution in [3.05, 3.63) is 46.5 Å². The Labute approximate surface area is 136 Å². The Morgan fingerprint density at radius 2 is 2.13 bits per heavy atom. The van der Waals surface area contributed by atoms with Crippen molar-refractivity contribution in [1.82, 2.24) is 10.3 Å². The zero-order chi connectivity index (χ0) is 16.2. The predicted octanol–water partition coefficient (Wildman–Crippen LogP) is 2.95. The highest BCUT2D eigenvalue weighted by molar-refractivity contribution is 7.15. The monoisotopic (exact) mass is 337 g/mol. The molecule has 3 rings (SSSR count). The molecule has 0 bridgehead atoms. The molecule has 0 atom stereocenters. The van der Waals surface area contributed by atoms with E-state index in [1.807, 2.05) is 0 Å². The molecule has 0 saturated carbocycles. The van der Waals surface area contributed by atoms with E-state index in [1.165, 1.54) is 23.5 Å². The Bertz CT molecular complexity index is 698. The van der Waals surface area contributed by atoms with Gasteiger partial charge in [-0.2, -0.15) is 0 Å². The van der Waals surface area contributed by atoms with Crippen molar-refractivity contribution < 1.29 is 13.6 Å². The largest absolute Gasteiger partial charge is 0.317 e. The van der Waals surface area contributed by atoms with Crippen LogP contribution in [0.15, 0.2) is 24.4 Å². The number of hydrogen-bond donors (Lipinski definition) is 2. The summed E-state index contributed by atoms with van der Waals surface area (Å²) in [6, 6.07) is 3.53. The van der Waals surface area contributed by atoms with Crippen LogP contribution in [-0.4, -0.2) is 24.0 Å². The Balaban J connectivity index is 1.62. The molecular formula is C16H17F2N3OS. The fourth-order valence-electron chi connectivity index (χ4n) is 2.59. The maximum atomic E-state index is 13.7. The van der Waals surface area contributed by atoms with Gasteiger partial charge in [-0.3, -0.25) is 4.79 Å². The lowest BCUT2D eigenvalue weighted by atomic mass is 9.97. The minimum absolute atomic E-state index is 0.0122. The van der Waals surface area contributed by atoms with Crippen LogP contribution >= 0.6 is 11.3 Å². The molecule has 0 unspecified atom stereocenters. The van der Waals surface area contributed by atoms with Gasteiger partial charge >= 0.3 is 0 Å². The van der Waals surface area contributed by atoms with Gasteiger partial charge in [0.25, 0.3) is 0 Å². The van der Waals surface area contributed by atoms with Gasteiger partial charge in [0, 0.05) is 29.5 Å². The third kappa shape index (κ3) is 4.11. The van der Waals surface area contributed by atoms with E-state index in [0.29, 0.717) is 17.1 Å². The Hall–Kier alpha value is -1.86. The lowest BCUT2D eigenvalue weighted by Gasteiger charge is -2.20. The van der Waals surface area contributed by atoms with Crippen molar-refractivity contribution in [2.24, 2.45) is 5.92 Å². The second-order valence-corrected chi connectivity index (χ2v) is 6.67. The average molecular weight is 337 g/mol. The average Bonchev–Trinajstić information content (AvgIpc) is 2.98. The molecule has 1 aromatic heterocycles. The van der Waals surface area contributed by atoms with Crippen LogP contribution in [0.1, 0.15) is 23.3 Å². The first kappa shape index (κ1) is 16.0. The fraction of sp³-hybridized carbons (Fsp3) is 0.375. The maximum absolute atomic E-state index is 13.7. The molecule has 23 heavy (non-hydrogen) atoms. The molecule has 1 saturated heterocycles. The molecule has 122 valence electrons. The number of nitrogens with zero attached hydrogens (tertiary/aromatic N) is 1. The van der Waals surface area contributed by atoms with Gasteiger partial charge < -0.3 is 10.6 Å². The molecule has 2 N–H and O–H groups in total. The second-order valence-electron chi connectivity index (χ2n) is 5.56. The van der Waals surface area contributed by atoms with Gasteiger partial charge in [0.2, 0.25) is 5.91 Å². The van der Waals surface area contributed by atoms with Crippen LogP contribution in [0.5, 0.6) is 0 Å². The number of anilines is 1. The van der Waals surface area contributed by atoms with Crippen molar-refractivity contribution in [2.45, 2.75) is 19.3 Å². The minimum Gasteiger partial charge on any atom is -0.317 e. The van der Waals surface area contributed by atoms with E-state index in [0.717, 1.165) is 36.9 Å². The molecule has 1 amide bonds. The van der Waals surface area contributed by atoms with Gasteiger partial charge in [-0.1, -0.05) is 6.07 Å². The van der Waals surface area contributed by atoms with Crippen molar-refractivity contribution >= 4 is 22.4 Å². The molecule has 1 aromatic carbocycles. The van der Waals surface area contributed by atoms with E-state index >= 15 is 0 Å². The highest BCUT2D eigenvalue weighted by Crippen LogP contribution is 2.24. The number of benzene rings is 1. The van der Waals surface area contributed by atoms with Crippen molar-refractivity contribution in [3.63, 3.8) is 0 Å². The van der Waals surface area contributed by atoms with E-state index < -0.39 is 11.6 Å². The molecule has 0 spiro atoms. The van der Waals surface area contributed by atoms with E-state index in [4.69, 9.17) is 0 Å². The van der Waals surface area contributed by atoms with Gasteiger partial charge in [0.1, 0.15) is 11.6 Å². The van der Waals surface area contributed by atoms with Crippen LogP contribution in [-0.2, 0) is 11.2 Å². The number of piperidine rings is 1. The van der Waals surface area contributed by atoms with Crippen LogP contribution < -0.4 is 10.6 Å². The highest BCUT2D eigenvalue weighted by Gasteiger charge is 2.21. The molecule has 1 aliphatic rings. The smallest absolute Gasteiger partial charge is 0.229 e. The predicted molar refractivity (Wildman–Crippen MR) is 85.5 cm³/mol. The fourth-order valence-corrected chi connectivity index (χ4v) is 3.43.